The minimum Gasteiger partial charge on any atom is -0.491 e. The molecule has 6 nitrogen and oxygen atoms in total. The van der Waals surface area contributed by atoms with Crippen LogP contribution in [-0.2, 0) is 16.6 Å². The van der Waals surface area contributed by atoms with E-state index >= 15 is 0 Å². The summed E-state index contributed by atoms with van der Waals surface area (Å²) in [5.41, 5.74) is 4.08. The van der Waals surface area contributed by atoms with E-state index in [1.165, 1.54) is 29.7 Å². The Morgan fingerprint density at radius 1 is 1.05 bits per heavy atom. The van der Waals surface area contributed by atoms with Gasteiger partial charge in [-0.1, -0.05) is 25.1 Å². The predicted molar refractivity (Wildman–Crippen MR) is 155 cm³/mol. The Labute approximate surface area is 233 Å². The van der Waals surface area contributed by atoms with Crippen LogP contribution in [0.25, 0.3) is 0 Å². The van der Waals surface area contributed by atoms with Crippen molar-refractivity contribution in [3.8, 4) is 5.75 Å². The summed E-state index contributed by atoms with van der Waals surface area (Å²) in [6.45, 7) is 12.5. The second kappa shape index (κ2) is 10.4. The molecular formula is C33H46N2O4. The van der Waals surface area contributed by atoms with Crippen molar-refractivity contribution in [1.29, 1.82) is 0 Å². The molecule has 212 valence electrons. The van der Waals surface area contributed by atoms with E-state index in [1.807, 2.05) is 19.9 Å². The average molecular weight is 535 g/mol. The number of ether oxygens (including phenoxy) is 2. The quantitative estimate of drug-likeness (QED) is 0.529. The summed E-state index contributed by atoms with van der Waals surface area (Å²) < 4.78 is 11.7. The first-order valence-electron chi connectivity index (χ1n) is 15.0. The molecule has 3 fully saturated rings. The molecule has 2 aromatic carbocycles. The number of aliphatic hydroxyl groups excluding tert-OH is 1. The first-order chi connectivity index (χ1) is 18.6. The lowest BCUT2D eigenvalue weighted by Gasteiger charge is -2.40. The molecule has 1 spiro atoms. The highest BCUT2D eigenvalue weighted by Crippen LogP contribution is 2.47. The van der Waals surface area contributed by atoms with Gasteiger partial charge < -0.3 is 24.6 Å². The minimum absolute atomic E-state index is 0.204. The minimum atomic E-state index is -0.638. The maximum Gasteiger partial charge on any atom is 0.119 e. The van der Waals surface area contributed by atoms with E-state index < -0.39 is 11.7 Å². The van der Waals surface area contributed by atoms with Crippen molar-refractivity contribution in [1.82, 2.24) is 4.90 Å². The number of β-amino-alcohol motifs (C(OH)–C–C–N with tert-alkyl or cyclic N) is 1. The van der Waals surface area contributed by atoms with Gasteiger partial charge in [-0.15, -0.1) is 0 Å². The number of nitrogens with zero attached hydrogens (tertiary/aromatic N) is 2. The van der Waals surface area contributed by atoms with Gasteiger partial charge in [0, 0.05) is 49.3 Å². The molecule has 2 unspecified atom stereocenters. The number of rotatable bonds is 7. The molecule has 0 saturated carbocycles. The Morgan fingerprint density at radius 3 is 2.59 bits per heavy atom. The highest BCUT2D eigenvalue weighted by molar-refractivity contribution is 5.51. The third-order valence-electron chi connectivity index (χ3n) is 9.84. The van der Waals surface area contributed by atoms with Crippen LogP contribution in [0.15, 0.2) is 42.5 Å². The molecule has 0 radical (unpaired) electrons. The summed E-state index contributed by atoms with van der Waals surface area (Å²) in [6.07, 6.45) is 6.10. The second-order valence-corrected chi connectivity index (χ2v) is 13.6. The number of aryl methyl sites for hydroxylation is 1. The summed E-state index contributed by atoms with van der Waals surface area (Å²) in [7, 11) is 0. The van der Waals surface area contributed by atoms with Crippen molar-refractivity contribution in [2.45, 2.75) is 82.5 Å². The summed E-state index contributed by atoms with van der Waals surface area (Å²) in [5.74, 6) is 0.873. The van der Waals surface area contributed by atoms with E-state index in [9.17, 15) is 10.2 Å². The van der Waals surface area contributed by atoms with Crippen molar-refractivity contribution in [2.75, 3.05) is 50.8 Å². The fourth-order valence-corrected chi connectivity index (χ4v) is 7.55. The molecule has 4 atom stereocenters. The normalized spacial score (nSPS) is 31.3. The fourth-order valence-electron chi connectivity index (χ4n) is 7.55. The number of anilines is 1. The van der Waals surface area contributed by atoms with E-state index in [1.54, 1.807) is 0 Å². The first kappa shape index (κ1) is 27.1. The third kappa shape index (κ3) is 5.58. The monoisotopic (exact) mass is 534 g/mol. The van der Waals surface area contributed by atoms with E-state index in [4.69, 9.17) is 9.47 Å². The van der Waals surface area contributed by atoms with E-state index in [-0.39, 0.29) is 11.5 Å². The molecule has 0 bridgehead atoms. The van der Waals surface area contributed by atoms with Gasteiger partial charge >= 0.3 is 0 Å². The van der Waals surface area contributed by atoms with Crippen LogP contribution >= 0.6 is 0 Å². The Bertz CT molecular complexity index is 1160. The highest BCUT2D eigenvalue weighted by Gasteiger charge is 2.44. The number of benzene rings is 2. The van der Waals surface area contributed by atoms with Crippen LogP contribution in [0.1, 0.15) is 75.7 Å². The Morgan fingerprint density at radius 2 is 1.85 bits per heavy atom. The highest BCUT2D eigenvalue weighted by atomic mass is 16.5. The Hall–Kier alpha value is -2.12. The molecule has 2 aromatic rings. The largest absolute Gasteiger partial charge is 0.491 e. The van der Waals surface area contributed by atoms with Gasteiger partial charge in [0.2, 0.25) is 0 Å². The zero-order chi connectivity index (χ0) is 27.3. The van der Waals surface area contributed by atoms with Crippen molar-refractivity contribution < 1.29 is 19.7 Å². The van der Waals surface area contributed by atoms with Crippen molar-refractivity contribution in [3.63, 3.8) is 0 Å². The smallest absolute Gasteiger partial charge is 0.119 e. The molecule has 4 aliphatic rings. The molecule has 0 aromatic heterocycles. The topological polar surface area (TPSA) is 65.4 Å². The maximum atomic E-state index is 11.6. The van der Waals surface area contributed by atoms with Gasteiger partial charge in [0.25, 0.3) is 0 Å². The lowest BCUT2D eigenvalue weighted by Crippen LogP contribution is -2.39. The van der Waals surface area contributed by atoms with Crippen molar-refractivity contribution in [2.24, 2.45) is 5.41 Å². The van der Waals surface area contributed by atoms with Gasteiger partial charge in [-0.3, -0.25) is 4.90 Å². The Kier molecular flexibility index (Phi) is 7.20. The molecule has 39 heavy (non-hydrogen) atoms. The van der Waals surface area contributed by atoms with Crippen LogP contribution in [0.3, 0.4) is 0 Å². The standard InChI is InChI=1S/C33H46N2O4/c1-31(2,37)21-34-16-14-33(22-34)15-17-35(23-33)26-8-6-25(7-9-26)32(3)13-12-24-19-27(10-11-29(24)30(32)36)39-20-28-5-4-18-38-28/h6-11,19,28,30,36-37H,4-5,12-18,20-23H2,1-3H3/t28-,30?,32?,33-/m0/s1. The van der Waals surface area contributed by atoms with Crippen LogP contribution in [0.4, 0.5) is 5.69 Å². The first-order valence-corrected chi connectivity index (χ1v) is 15.0. The van der Waals surface area contributed by atoms with Gasteiger partial charge in [-0.05, 0) is 99.9 Å². The van der Waals surface area contributed by atoms with Crippen LogP contribution in [0.5, 0.6) is 5.75 Å². The van der Waals surface area contributed by atoms with E-state index in [0.717, 1.165) is 76.3 Å². The number of fused-ring (bicyclic) bond motifs is 1. The molecule has 6 heteroatoms. The number of hydrogen-bond acceptors (Lipinski definition) is 6. The molecular weight excluding hydrogens is 488 g/mol. The molecule has 3 saturated heterocycles. The van der Waals surface area contributed by atoms with Crippen LogP contribution < -0.4 is 9.64 Å². The molecule has 0 amide bonds. The summed E-state index contributed by atoms with van der Waals surface area (Å²) in [4.78, 5) is 4.97. The molecule has 3 aliphatic heterocycles. The maximum absolute atomic E-state index is 11.6. The van der Waals surface area contributed by atoms with Crippen molar-refractivity contribution >= 4 is 5.69 Å². The zero-order valence-corrected chi connectivity index (χ0v) is 24.0. The summed E-state index contributed by atoms with van der Waals surface area (Å²) in [6, 6.07) is 15.2. The van der Waals surface area contributed by atoms with Gasteiger partial charge in [0.1, 0.15) is 12.4 Å². The average Bonchev–Trinajstić information content (AvgIpc) is 3.67. The SMILES string of the molecule is CC(C)(O)CN1CC[C@]2(CCN(c3ccc(C4(C)CCc5cc(OC[C@@H]6CCCO6)ccc5C4O)cc3)C2)C1. The summed E-state index contributed by atoms with van der Waals surface area (Å²) >= 11 is 0. The van der Waals surface area contributed by atoms with Gasteiger partial charge in [-0.2, -0.15) is 0 Å². The lowest BCUT2D eigenvalue weighted by atomic mass is 9.67. The molecule has 2 N–H and O–H groups in total. The van der Waals surface area contributed by atoms with Crippen LogP contribution in [0.2, 0.25) is 0 Å². The summed E-state index contributed by atoms with van der Waals surface area (Å²) in [5, 5.41) is 21.8. The van der Waals surface area contributed by atoms with Gasteiger partial charge in [0.05, 0.1) is 17.8 Å². The molecule has 1 aliphatic carbocycles. The van der Waals surface area contributed by atoms with Gasteiger partial charge in [0.15, 0.2) is 0 Å². The van der Waals surface area contributed by atoms with Crippen molar-refractivity contribution in [3.05, 3.63) is 59.2 Å². The van der Waals surface area contributed by atoms with E-state index in [0.29, 0.717) is 12.0 Å². The number of likely N-dealkylation sites (tertiary alicyclic amines) is 1. The van der Waals surface area contributed by atoms with Crippen LogP contribution in [0, 0.1) is 5.41 Å². The fraction of sp³-hybridized carbons (Fsp3) is 0.636. The Balaban J connectivity index is 1.10. The van der Waals surface area contributed by atoms with E-state index in [2.05, 4.69) is 53.1 Å². The number of hydrogen-bond donors (Lipinski definition) is 2. The van der Waals surface area contributed by atoms with Crippen LogP contribution in [-0.4, -0.2) is 72.8 Å². The molecule has 6 rings (SSSR count). The second-order valence-electron chi connectivity index (χ2n) is 13.6. The predicted octanol–water partition coefficient (Wildman–Crippen LogP) is 4.86. The van der Waals surface area contributed by atoms with Gasteiger partial charge in [-0.25, -0.2) is 0 Å². The third-order valence-corrected chi connectivity index (χ3v) is 9.84. The lowest BCUT2D eigenvalue weighted by molar-refractivity contribution is 0.0408. The number of aliphatic hydroxyl groups is 2. The molecule has 3 heterocycles. The zero-order valence-electron chi connectivity index (χ0n) is 24.0.